The second-order valence-corrected chi connectivity index (χ2v) is 13.3. The van der Waals surface area contributed by atoms with Gasteiger partial charge in [0, 0.05) is 32.0 Å². The number of fused-ring (bicyclic) bond motifs is 2. The predicted molar refractivity (Wildman–Crippen MR) is 140 cm³/mol. The van der Waals surface area contributed by atoms with Crippen molar-refractivity contribution in [1.82, 2.24) is 14.2 Å². The number of carbonyl (C=O) groups is 1. The summed E-state index contributed by atoms with van der Waals surface area (Å²) in [6.07, 6.45) is 0.605. The fourth-order valence-corrected chi connectivity index (χ4v) is 8.30. The monoisotopic (exact) mass is 561 g/mol. The van der Waals surface area contributed by atoms with E-state index in [0.29, 0.717) is 5.75 Å². The zero-order chi connectivity index (χ0) is 26.7. The number of piperidine rings is 1. The van der Waals surface area contributed by atoms with Crippen molar-refractivity contribution in [2.75, 3.05) is 13.7 Å². The number of carbonyl (C=O) groups excluding carboxylic acids is 1. The van der Waals surface area contributed by atoms with Gasteiger partial charge in [-0.05, 0) is 73.1 Å². The van der Waals surface area contributed by atoms with Crippen molar-refractivity contribution >= 4 is 37.5 Å². The van der Waals surface area contributed by atoms with Crippen LogP contribution >= 0.6 is 11.3 Å². The lowest BCUT2D eigenvalue weighted by molar-refractivity contribution is -0.141. The molecule has 0 unspecified atom stereocenters. The largest absolute Gasteiger partial charge is 0.497 e. The van der Waals surface area contributed by atoms with E-state index < -0.39 is 22.0 Å². The number of hydrogen-bond donors (Lipinski definition) is 0. The highest BCUT2D eigenvalue weighted by Gasteiger charge is 2.60. The maximum Gasteiger partial charge on any atom is 0.248 e. The van der Waals surface area contributed by atoms with Crippen molar-refractivity contribution in [3.05, 3.63) is 53.5 Å². The molecule has 0 bridgehead atoms. The number of amides is 1. The first-order valence-electron chi connectivity index (χ1n) is 12.8. The molecule has 2 heterocycles. The van der Waals surface area contributed by atoms with Crippen LogP contribution in [0, 0.1) is 11.8 Å². The van der Waals surface area contributed by atoms with E-state index in [-0.39, 0.29) is 67.5 Å². The van der Waals surface area contributed by atoms with Crippen LogP contribution < -0.4 is 4.74 Å². The molecule has 0 N–H and O–H groups in total. The van der Waals surface area contributed by atoms with Crippen LogP contribution in [-0.4, -0.2) is 60.2 Å². The van der Waals surface area contributed by atoms with Gasteiger partial charge in [-0.3, -0.25) is 4.79 Å². The van der Waals surface area contributed by atoms with Crippen molar-refractivity contribution < 1.29 is 26.7 Å². The molecule has 2 saturated carbocycles. The number of ether oxygens (including phenoxy) is 1. The van der Waals surface area contributed by atoms with E-state index in [2.05, 4.69) is 4.98 Å². The molecular formula is C27H29F2N3O4S2. The second kappa shape index (κ2) is 9.53. The minimum Gasteiger partial charge on any atom is -0.497 e. The Morgan fingerprint density at radius 1 is 1.18 bits per heavy atom. The number of nitrogens with zero attached hydrogens (tertiary/aromatic N) is 3. The summed E-state index contributed by atoms with van der Waals surface area (Å²) < 4.78 is 62.9. The molecule has 3 aromatic rings. The third-order valence-electron chi connectivity index (χ3n) is 8.18. The molecule has 6 rings (SSSR count). The molecule has 2 aromatic carbocycles. The van der Waals surface area contributed by atoms with E-state index in [1.165, 1.54) is 34.9 Å². The summed E-state index contributed by atoms with van der Waals surface area (Å²) in [5.41, 5.74) is 3.43. The van der Waals surface area contributed by atoms with E-state index >= 15 is 0 Å². The first-order valence-corrected chi connectivity index (χ1v) is 15.1. The van der Waals surface area contributed by atoms with Crippen LogP contribution in [0.4, 0.5) is 8.78 Å². The molecule has 2 aliphatic carbocycles. The number of methoxy groups -OCH3 is 1. The summed E-state index contributed by atoms with van der Waals surface area (Å²) in [6, 6.07) is 10.7. The Hall–Kier alpha value is -2.63. The predicted octanol–water partition coefficient (Wildman–Crippen LogP) is 4.92. The number of alkyl halides is 2. The Kier molecular flexibility index (Phi) is 6.43. The maximum atomic E-state index is 14.2. The van der Waals surface area contributed by atoms with Crippen molar-refractivity contribution in [3.63, 3.8) is 0 Å². The SMILES string of the molecule is COc1ccc(S(=O)(=O)N2C[C@H]3C[C@H]3[C@H]2C(=O)N(Cc2ccc3scnc3c2)C2CCC(F)(F)CC2)cc1. The summed E-state index contributed by atoms with van der Waals surface area (Å²) in [7, 11) is -2.43. The van der Waals surface area contributed by atoms with Crippen molar-refractivity contribution in [2.24, 2.45) is 11.8 Å². The number of rotatable bonds is 7. The van der Waals surface area contributed by atoms with E-state index in [1.807, 2.05) is 18.2 Å². The van der Waals surface area contributed by atoms with Gasteiger partial charge in [0.25, 0.3) is 0 Å². The first-order chi connectivity index (χ1) is 18.2. The standard InChI is InChI=1S/C27H29F2N3O4S2/c1-36-20-3-5-21(6-4-20)38(34,35)32-15-18-13-22(18)25(32)26(33)31(19-8-10-27(28,29)11-9-19)14-17-2-7-24-23(12-17)30-16-37-24/h2-7,12,16,18-19,22,25H,8-11,13-15H2,1H3/t18-,22-,25+/m1/s1. The Bertz CT molecular complexity index is 1450. The van der Waals surface area contributed by atoms with Crippen molar-refractivity contribution in [1.29, 1.82) is 0 Å². The molecule has 7 nitrogen and oxygen atoms in total. The topological polar surface area (TPSA) is 79.8 Å². The van der Waals surface area contributed by atoms with Crippen LogP contribution in [0.2, 0.25) is 0 Å². The van der Waals surface area contributed by atoms with Crippen LogP contribution in [-0.2, 0) is 21.4 Å². The van der Waals surface area contributed by atoms with Crippen molar-refractivity contribution in [3.8, 4) is 5.75 Å². The van der Waals surface area contributed by atoms with Gasteiger partial charge in [-0.25, -0.2) is 22.2 Å². The minimum atomic E-state index is -3.94. The van der Waals surface area contributed by atoms with Gasteiger partial charge in [0.05, 0.1) is 27.7 Å². The Balaban J connectivity index is 1.31. The zero-order valence-corrected chi connectivity index (χ0v) is 22.6. The van der Waals surface area contributed by atoms with E-state index in [1.54, 1.807) is 22.5 Å². The van der Waals surface area contributed by atoms with Crippen molar-refractivity contribution in [2.45, 2.75) is 61.6 Å². The number of aromatic nitrogens is 1. The van der Waals surface area contributed by atoms with Gasteiger partial charge in [0.2, 0.25) is 21.9 Å². The summed E-state index contributed by atoms with van der Waals surface area (Å²) in [4.78, 5) is 20.4. The van der Waals surface area contributed by atoms with Gasteiger partial charge in [-0.15, -0.1) is 11.3 Å². The smallest absolute Gasteiger partial charge is 0.248 e. The lowest BCUT2D eigenvalue weighted by atomic mass is 9.90. The van der Waals surface area contributed by atoms with Crippen LogP contribution in [0.25, 0.3) is 10.2 Å². The van der Waals surface area contributed by atoms with Gasteiger partial charge in [0.1, 0.15) is 11.8 Å². The van der Waals surface area contributed by atoms with Gasteiger partial charge < -0.3 is 9.64 Å². The molecule has 3 fully saturated rings. The molecule has 1 amide bonds. The molecule has 38 heavy (non-hydrogen) atoms. The van der Waals surface area contributed by atoms with E-state index in [0.717, 1.165) is 22.2 Å². The quantitative estimate of drug-likeness (QED) is 0.409. The van der Waals surface area contributed by atoms with Crippen LogP contribution in [0.15, 0.2) is 52.9 Å². The Morgan fingerprint density at radius 2 is 1.92 bits per heavy atom. The third-order valence-corrected chi connectivity index (χ3v) is 10.9. The molecule has 11 heteroatoms. The summed E-state index contributed by atoms with van der Waals surface area (Å²) >= 11 is 1.52. The number of benzene rings is 2. The van der Waals surface area contributed by atoms with Gasteiger partial charge in [0.15, 0.2) is 0 Å². The lowest BCUT2D eigenvalue weighted by Crippen LogP contribution is -2.53. The minimum absolute atomic E-state index is 0.0518. The fourth-order valence-electron chi connectivity index (χ4n) is 5.95. The Morgan fingerprint density at radius 3 is 2.63 bits per heavy atom. The summed E-state index contributed by atoms with van der Waals surface area (Å²) in [5, 5.41) is 0. The average molecular weight is 562 g/mol. The number of thiazole rings is 1. The van der Waals surface area contributed by atoms with E-state index in [9.17, 15) is 22.0 Å². The lowest BCUT2D eigenvalue weighted by Gasteiger charge is -2.39. The molecule has 3 atom stereocenters. The number of halogens is 2. The van der Waals surface area contributed by atoms with E-state index in [4.69, 9.17) is 4.74 Å². The summed E-state index contributed by atoms with van der Waals surface area (Å²) in [5.74, 6) is -2.40. The van der Waals surface area contributed by atoms with Crippen LogP contribution in [0.5, 0.6) is 5.75 Å². The summed E-state index contributed by atoms with van der Waals surface area (Å²) in [6.45, 7) is 0.518. The second-order valence-electron chi connectivity index (χ2n) is 10.6. The number of hydrogen-bond acceptors (Lipinski definition) is 6. The molecule has 202 valence electrons. The molecular weight excluding hydrogens is 532 g/mol. The highest BCUT2D eigenvalue weighted by Crippen LogP contribution is 2.52. The molecule has 1 saturated heterocycles. The molecule has 0 radical (unpaired) electrons. The van der Waals surface area contributed by atoms with Gasteiger partial charge >= 0.3 is 0 Å². The first kappa shape index (κ1) is 25.6. The molecule has 1 aliphatic heterocycles. The highest BCUT2D eigenvalue weighted by molar-refractivity contribution is 7.89. The van der Waals surface area contributed by atoms with Gasteiger partial charge in [-0.1, -0.05) is 6.07 Å². The van der Waals surface area contributed by atoms with Crippen LogP contribution in [0.1, 0.15) is 37.7 Å². The average Bonchev–Trinajstić information content (AvgIpc) is 3.32. The highest BCUT2D eigenvalue weighted by atomic mass is 32.2. The zero-order valence-electron chi connectivity index (χ0n) is 20.9. The Labute approximate surface area is 224 Å². The molecule has 0 spiro atoms. The maximum absolute atomic E-state index is 14.2. The normalized spacial score (nSPS) is 25.3. The van der Waals surface area contributed by atoms with Gasteiger partial charge in [-0.2, -0.15) is 4.31 Å². The molecule has 1 aromatic heterocycles. The number of sulfonamides is 1. The van der Waals surface area contributed by atoms with Crippen LogP contribution in [0.3, 0.4) is 0 Å². The fraction of sp³-hybridized carbons (Fsp3) is 0.481. The third kappa shape index (κ3) is 4.69. The molecule has 3 aliphatic rings.